The van der Waals surface area contributed by atoms with Gasteiger partial charge in [0.05, 0.1) is 11.0 Å². The summed E-state index contributed by atoms with van der Waals surface area (Å²) in [7, 11) is 0. The molecule has 7 aromatic carbocycles. The molecule has 1 heterocycles. The zero-order chi connectivity index (χ0) is 32.0. The number of para-hydroxylation sites is 1. The highest BCUT2D eigenvalue weighted by Crippen LogP contribution is 2.38. The van der Waals surface area contributed by atoms with Crippen molar-refractivity contribution in [2.45, 2.75) is 0 Å². The predicted octanol–water partition coefficient (Wildman–Crippen LogP) is 12.8. The molecule has 224 valence electrons. The van der Waals surface area contributed by atoms with Crippen molar-refractivity contribution in [2.24, 2.45) is 0 Å². The first-order valence-corrected chi connectivity index (χ1v) is 15.9. The monoisotopic (exact) mass is 601 g/mol. The molecule has 0 spiro atoms. The van der Waals surface area contributed by atoms with Gasteiger partial charge in [-0.1, -0.05) is 153 Å². The molecular weight excluding hydrogens is 567 g/mol. The molecule has 0 fully saturated rings. The van der Waals surface area contributed by atoms with Crippen molar-refractivity contribution in [1.82, 2.24) is 4.57 Å². The SMILES string of the molecule is C=CC=C.c1ccc(-c2cccc(-c3ccc4c(c3)c3cc(-c5cccc(-c6ccccc6)c5)ccc3n4-c3ccccc3)c2)cc1. The molecule has 8 aromatic rings. The van der Waals surface area contributed by atoms with Crippen LogP contribution < -0.4 is 0 Å². The molecule has 1 aromatic heterocycles. The molecule has 0 aliphatic carbocycles. The van der Waals surface area contributed by atoms with E-state index in [1.807, 2.05) is 0 Å². The smallest absolute Gasteiger partial charge is 0.0541 e. The van der Waals surface area contributed by atoms with Gasteiger partial charge in [0.25, 0.3) is 0 Å². The Bertz CT molecular complexity index is 2160. The van der Waals surface area contributed by atoms with Gasteiger partial charge in [0.2, 0.25) is 0 Å². The second kappa shape index (κ2) is 13.4. The van der Waals surface area contributed by atoms with E-state index in [0.717, 1.165) is 0 Å². The molecule has 1 heteroatoms. The van der Waals surface area contributed by atoms with Gasteiger partial charge in [-0.25, -0.2) is 0 Å². The molecular formula is C46H35N. The number of rotatable bonds is 6. The van der Waals surface area contributed by atoms with Crippen LogP contribution in [0.15, 0.2) is 201 Å². The average molecular weight is 602 g/mol. The van der Waals surface area contributed by atoms with Crippen molar-refractivity contribution in [3.05, 3.63) is 201 Å². The maximum absolute atomic E-state index is 3.36. The summed E-state index contributed by atoms with van der Waals surface area (Å²) in [5, 5.41) is 2.50. The van der Waals surface area contributed by atoms with Crippen LogP contribution in [0.5, 0.6) is 0 Å². The van der Waals surface area contributed by atoms with E-state index in [2.05, 4.69) is 194 Å². The van der Waals surface area contributed by atoms with Crippen LogP contribution in [0.2, 0.25) is 0 Å². The van der Waals surface area contributed by atoms with Gasteiger partial charge in [-0.05, 0) is 93.0 Å². The van der Waals surface area contributed by atoms with E-state index in [-0.39, 0.29) is 0 Å². The summed E-state index contributed by atoms with van der Waals surface area (Å²) in [5.41, 5.74) is 13.4. The summed E-state index contributed by atoms with van der Waals surface area (Å²) >= 11 is 0. The first kappa shape index (κ1) is 29.5. The first-order chi connectivity index (χ1) is 23.2. The first-order valence-electron chi connectivity index (χ1n) is 15.9. The summed E-state index contributed by atoms with van der Waals surface area (Å²) in [4.78, 5) is 0. The van der Waals surface area contributed by atoms with E-state index in [1.165, 1.54) is 72.0 Å². The maximum atomic E-state index is 3.36. The van der Waals surface area contributed by atoms with Crippen LogP contribution in [0, 0.1) is 0 Å². The minimum absolute atomic E-state index is 1.17. The third kappa shape index (κ3) is 6.08. The Morgan fingerprint density at radius 1 is 0.319 bits per heavy atom. The van der Waals surface area contributed by atoms with Crippen LogP contribution in [0.3, 0.4) is 0 Å². The molecule has 47 heavy (non-hydrogen) atoms. The Kier molecular flexibility index (Phi) is 8.44. The Morgan fingerprint density at radius 3 is 1.06 bits per heavy atom. The molecule has 0 aliphatic rings. The number of allylic oxidation sites excluding steroid dienone is 2. The van der Waals surface area contributed by atoms with Gasteiger partial charge < -0.3 is 4.57 Å². The molecule has 8 rings (SSSR count). The number of hydrogen-bond acceptors (Lipinski definition) is 0. The zero-order valence-electron chi connectivity index (χ0n) is 26.3. The van der Waals surface area contributed by atoms with Crippen molar-refractivity contribution >= 4 is 21.8 Å². The van der Waals surface area contributed by atoms with E-state index in [1.54, 1.807) is 12.2 Å². The summed E-state index contributed by atoms with van der Waals surface area (Å²) in [5.74, 6) is 0. The molecule has 0 N–H and O–H groups in total. The topological polar surface area (TPSA) is 4.93 Å². The van der Waals surface area contributed by atoms with E-state index in [4.69, 9.17) is 0 Å². The minimum atomic E-state index is 1.17. The number of fused-ring (bicyclic) bond motifs is 3. The fourth-order valence-corrected chi connectivity index (χ4v) is 6.26. The Hall–Kier alpha value is -6.18. The molecule has 0 unspecified atom stereocenters. The van der Waals surface area contributed by atoms with Gasteiger partial charge in [0.15, 0.2) is 0 Å². The van der Waals surface area contributed by atoms with Crippen LogP contribution >= 0.6 is 0 Å². The van der Waals surface area contributed by atoms with E-state index >= 15 is 0 Å². The van der Waals surface area contributed by atoms with E-state index in [0.29, 0.717) is 0 Å². The number of hydrogen-bond donors (Lipinski definition) is 0. The highest BCUT2D eigenvalue weighted by molar-refractivity contribution is 6.11. The van der Waals surface area contributed by atoms with Crippen molar-refractivity contribution in [2.75, 3.05) is 0 Å². The molecule has 0 aliphatic heterocycles. The lowest BCUT2D eigenvalue weighted by Gasteiger charge is -2.09. The lowest BCUT2D eigenvalue weighted by molar-refractivity contribution is 1.18. The summed E-state index contributed by atoms with van der Waals surface area (Å²) in [6.45, 7) is 6.72. The molecule has 1 nitrogen and oxygen atoms in total. The molecule has 0 bridgehead atoms. The molecule has 0 saturated heterocycles. The quantitative estimate of drug-likeness (QED) is 0.167. The van der Waals surface area contributed by atoms with Crippen molar-refractivity contribution in [1.29, 1.82) is 0 Å². The third-order valence-electron chi connectivity index (χ3n) is 8.55. The fraction of sp³-hybridized carbons (Fsp3) is 0. The summed E-state index contributed by atoms with van der Waals surface area (Å²) in [6.07, 6.45) is 3.28. The van der Waals surface area contributed by atoms with Gasteiger partial charge in [0, 0.05) is 16.5 Å². The second-order valence-corrected chi connectivity index (χ2v) is 11.5. The number of aromatic nitrogens is 1. The second-order valence-electron chi connectivity index (χ2n) is 11.5. The van der Waals surface area contributed by atoms with Gasteiger partial charge in [0.1, 0.15) is 0 Å². The minimum Gasteiger partial charge on any atom is -0.309 e. The Balaban J connectivity index is 0.000000833. The summed E-state index contributed by atoms with van der Waals surface area (Å²) in [6, 6.07) is 63.4. The average Bonchev–Trinajstić information content (AvgIpc) is 3.49. The van der Waals surface area contributed by atoms with Crippen molar-refractivity contribution in [3.63, 3.8) is 0 Å². The zero-order valence-corrected chi connectivity index (χ0v) is 26.3. The number of nitrogens with zero attached hydrogens (tertiary/aromatic N) is 1. The van der Waals surface area contributed by atoms with E-state index < -0.39 is 0 Å². The highest BCUT2D eigenvalue weighted by atomic mass is 15.0. The fourth-order valence-electron chi connectivity index (χ4n) is 6.26. The van der Waals surface area contributed by atoms with Gasteiger partial charge in [-0.15, -0.1) is 0 Å². The van der Waals surface area contributed by atoms with Crippen LogP contribution in [0.4, 0.5) is 0 Å². The molecule has 0 saturated carbocycles. The summed E-state index contributed by atoms with van der Waals surface area (Å²) < 4.78 is 2.39. The van der Waals surface area contributed by atoms with Crippen LogP contribution in [-0.4, -0.2) is 4.57 Å². The van der Waals surface area contributed by atoms with Crippen molar-refractivity contribution in [3.8, 4) is 50.2 Å². The highest BCUT2D eigenvalue weighted by Gasteiger charge is 2.15. The van der Waals surface area contributed by atoms with Crippen LogP contribution in [0.25, 0.3) is 72.0 Å². The van der Waals surface area contributed by atoms with Gasteiger partial charge >= 0.3 is 0 Å². The third-order valence-corrected chi connectivity index (χ3v) is 8.55. The lowest BCUT2D eigenvalue weighted by atomic mass is 9.96. The maximum Gasteiger partial charge on any atom is 0.0541 e. The predicted molar refractivity (Wildman–Crippen MR) is 203 cm³/mol. The van der Waals surface area contributed by atoms with Gasteiger partial charge in [-0.2, -0.15) is 0 Å². The number of benzene rings is 7. The largest absolute Gasteiger partial charge is 0.309 e. The molecule has 0 amide bonds. The molecule has 0 atom stereocenters. The normalized spacial score (nSPS) is 10.7. The Labute approximate surface area is 277 Å². The van der Waals surface area contributed by atoms with Crippen LogP contribution in [-0.2, 0) is 0 Å². The van der Waals surface area contributed by atoms with Crippen LogP contribution in [0.1, 0.15) is 0 Å². The standard InChI is InChI=1S/C42H29N.C4H6/c1-4-12-30(13-5-1)32-16-10-18-34(26-32)36-22-24-41-39(28-36)40-29-37(23-25-42(40)43(41)38-20-8-3-9-21-38)35-19-11-17-33(27-35)31-14-6-2-7-15-31;1-3-4-2/h1-29H;3-4H,1-2H2. The lowest BCUT2D eigenvalue weighted by Crippen LogP contribution is -1.93. The van der Waals surface area contributed by atoms with Gasteiger partial charge in [-0.3, -0.25) is 0 Å². The van der Waals surface area contributed by atoms with E-state index in [9.17, 15) is 0 Å². The molecule has 0 radical (unpaired) electrons. The van der Waals surface area contributed by atoms with Crippen molar-refractivity contribution < 1.29 is 0 Å². The Morgan fingerprint density at radius 2 is 0.660 bits per heavy atom.